The molecule has 0 saturated carbocycles. The summed E-state index contributed by atoms with van der Waals surface area (Å²) in [5.74, 6) is -0.958. The molecule has 0 aromatic heterocycles. The second-order valence-electron chi connectivity index (χ2n) is 7.72. The summed E-state index contributed by atoms with van der Waals surface area (Å²) in [7, 11) is 1.46. The van der Waals surface area contributed by atoms with Gasteiger partial charge < -0.3 is 14.8 Å². The molecule has 0 spiro atoms. The van der Waals surface area contributed by atoms with Crippen LogP contribution in [0.4, 0.5) is 14.9 Å². The van der Waals surface area contributed by atoms with Crippen LogP contribution in [0.15, 0.2) is 65.6 Å². The molecule has 0 bridgehead atoms. The predicted octanol–water partition coefficient (Wildman–Crippen LogP) is 6.40. The van der Waals surface area contributed by atoms with Gasteiger partial charge in [0, 0.05) is 16.3 Å². The van der Waals surface area contributed by atoms with E-state index in [9.17, 15) is 18.8 Å². The Morgan fingerprint density at radius 3 is 2.54 bits per heavy atom. The summed E-state index contributed by atoms with van der Waals surface area (Å²) < 4.78 is 25.2. The molecule has 1 N–H and O–H groups in total. The predicted molar refractivity (Wildman–Crippen MR) is 141 cm³/mol. The van der Waals surface area contributed by atoms with Crippen LogP contribution >= 0.6 is 35.0 Å². The van der Waals surface area contributed by atoms with Gasteiger partial charge in [0.15, 0.2) is 11.5 Å². The highest BCUT2D eigenvalue weighted by atomic mass is 35.5. The van der Waals surface area contributed by atoms with Crippen molar-refractivity contribution in [3.63, 3.8) is 0 Å². The Labute approximate surface area is 226 Å². The lowest BCUT2D eigenvalue weighted by atomic mass is 10.1. The average molecular weight is 561 g/mol. The quantitative estimate of drug-likeness (QED) is 0.321. The highest BCUT2D eigenvalue weighted by Gasteiger charge is 2.36. The molecule has 7 nitrogen and oxygen atoms in total. The Hall–Kier alpha value is -3.53. The van der Waals surface area contributed by atoms with E-state index in [1.54, 1.807) is 48.5 Å². The van der Waals surface area contributed by atoms with Crippen LogP contribution in [-0.4, -0.2) is 35.6 Å². The molecule has 0 aliphatic carbocycles. The van der Waals surface area contributed by atoms with Gasteiger partial charge in [-0.15, -0.1) is 0 Å². The van der Waals surface area contributed by atoms with Gasteiger partial charge in [-0.25, -0.2) is 4.39 Å². The number of amides is 3. The topological polar surface area (TPSA) is 84.9 Å². The fraction of sp³-hybridized carbons (Fsp3) is 0.115. The lowest BCUT2D eigenvalue weighted by Gasteiger charge is -2.13. The first kappa shape index (κ1) is 26.5. The minimum atomic E-state index is -0.599. The van der Waals surface area contributed by atoms with Crippen LogP contribution in [0.2, 0.25) is 10.0 Å². The summed E-state index contributed by atoms with van der Waals surface area (Å²) in [5.41, 5.74) is 1.21. The fourth-order valence-electron chi connectivity index (χ4n) is 3.38. The molecule has 3 aromatic carbocycles. The number of nitrogens with zero attached hydrogens (tertiary/aromatic N) is 1. The lowest BCUT2D eigenvalue weighted by Crippen LogP contribution is -2.36. The molecule has 190 valence electrons. The van der Waals surface area contributed by atoms with Gasteiger partial charge in [0.05, 0.1) is 17.0 Å². The fourth-order valence-corrected chi connectivity index (χ4v) is 4.56. The molecule has 11 heteroatoms. The van der Waals surface area contributed by atoms with E-state index in [0.29, 0.717) is 22.0 Å². The zero-order valence-electron chi connectivity index (χ0n) is 19.3. The molecule has 37 heavy (non-hydrogen) atoms. The van der Waals surface area contributed by atoms with Crippen molar-refractivity contribution in [2.45, 2.75) is 6.61 Å². The first-order valence-corrected chi connectivity index (χ1v) is 12.4. The number of hydrogen-bond donors (Lipinski definition) is 1. The van der Waals surface area contributed by atoms with Gasteiger partial charge in [-0.1, -0.05) is 35.3 Å². The third-order valence-corrected chi connectivity index (χ3v) is 6.74. The zero-order chi connectivity index (χ0) is 26.5. The van der Waals surface area contributed by atoms with Crippen molar-refractivity contribution >= 4 is 63.8 Å². The van der Waals surface area contributed by atoms with Gasteiger partial charge in [0.2, 0.25) is 5.91 Å². The van der Waals surface area contributed by atoms with Crippen molar-refractivity contribution in [3.8, 4) is 11.5 Å². The van der Waals surface area contributed by atoms with E-state index in [2.05, 4.69) is 5.32 Å². The number of anilines is 1. The van der Waals surface area contributed by atoms with Crippen molar-refractivity contribution < 1.29 is 28.2 Å². The van der Waals surface area contributed by atoms with E-state index in [1.165, 1.54) is 25.3 Å². The van der Waals surface area contributed by atoms with E-state index >= 15 is 0 Å². The normalized spacial score (nSPS) is 14.3. The minimum absolute atomic E-state index is 0.137. The Kier molecular flexibility index (Phi) is 8.38. The van der Waals surface area contributed by atoms with Crippen molar-refractivity contribution in [2.75, 3.05) is 19.0 Å². The maximum atomic E-state index is 14.1. The smallest absolute Gasteiger partial charge is 0.294 e. The first-order valence-electron chi connectivity index (χ1n) is 10.8. The second-order valence-corrected chi connectivity index (χ2v) is 9.56. The molecule has 1 aliphatic heterocycles. The largest absolute Gasteiger partial charge is 0.493 e. The maximum absolute atomic E-state index is 14.1. The van der Waals surface area contributed by atoms with Crippen LogP contribution in [-0.2, 0) is 16.2 Å². The Bertz CT molecular complexity index is 1380. The Balaban J connectivity index is 1.47. The molecule has 3 aromatic rings. The Morgan fingerprint density at radius 2 is 1.84 bits per heavy atom. The van der Waals surface area contributed by atoms with Crippen LogP contribution in [0, 0.1) is 5.82 Å². The lowest BCUT2D eigenvalue weighted by molar-refractivity contribution is -0.127. The van der Waals surface area contributed by atoms with Crippen molar-refractivity contribution in [2.24, 2.45) is 0 Å². The van der Waals surface area contributed by atoms with E-state index in [1.807, 2.05) is 0 Å². The van der Waals surface area contributed by atoms with Crippen molar-refractivity contribution in [1.82, 2.24) is 4.90 Å². The van der Waals surface area contributed by atoms with Gasteiger partial charge in [-0.05, 0) is 71.9 Å². The number of benzene rings is 3. The average Bonchev–Trinajstić information content (AvgIpc) is 3.12. The molecule has 1 saturated heterocycles. The number of nitrogens with one attached hydrogen (secondary N) is 1. The Morgan fingerprint density at radius 1 is 1.08 bits per heavy atom. The van der Waals surface area contributed by atoms with Crippen LogP contribution in [0.5, 0.6) is 11.5 Å². The summed E-state index contributed by atoms with van der Waals surface area (Å²) in [6, 6.07) is 15.7. The zero-order valence-corrected chi connectivity index (χ0v) is 21.6. The third kappa shape index (κ3) is 6.43. The summed E-state index contributed by atoms with van der Waals surface area (Å²) in [5, 5.41) is 2.79. The molecule has 0 unspecified atom stereocenters. The minimum Gasteiger partial charge on any atom is -0.493 e. The highest BCUT2D eigenvalue weighted by molar-refractivity contribution is 8.18. The summed E-state index contributed by atoms with van der Waals surface area (Å²) in [6.07, 6.45) is 1.50. The second kappa shape index (κ2) is 11.7. The van der Waals surface area contributed by atoms with E-state index in [4.69, 9.17) is 32.7 Å². The maximum Gasteiger partial charge on any atom is 0.294 e. The monoisotopic (exact) mass is 560 g/mol. The number of thioether (sulfide) groups is 1. The molecule has 1 aliphatic rings. The summed E-state index contributed by atoms with van der Waals surface area (Å²) in [4.78, 5) is 38.7. The number of carbonyl (C=O) groups excluding carboxylic acids is 3. The molecule has 1 fully saturated rings. The van der Waals surface area contributed by atoms with Crippen LogP contribution in [0.3, 0.4) is 0 Å². The van der Waals surface area contributed by atoms with Crippen molar-refractivity contribution in [3.05, 3.63) is 92.6 Å². The molecule has 0 radical (unpaired) electrons. The van der Waals surface area contributed by atoms with Gasteiger partial charge in [0.1, 0.15) is 19.0 Å². The van der Waals surface area contributed by atoms with Crippen LogP contribution in [0.25, 0.3) is 6.08 Å². The number of carbonyl (C=O) groups is 3. The van der Waals surface area contributed by atoms with E-state index in [0.717, 1.165) is 16.7 Å². The molecular weight excluding hydrogens is 542 g/mol. The molecule has 4 rings (SSSR count). The van der Waals surface area contributed by atoms with E-state index < -0.39 is 29.4 Å². The van der Waals surface area contributed by atoms with Gasteiger partial charge in [0.25, 0.3) is 11.1 Å². The van der Waals surface area contributed by atoms with Gasteiger partial charge in [-0.2, -0.15) is 0 Å². The van der Waals surface area contributed by atoms with Gasteiger partial charge in [-0.3, -0.25) is 19.3 Å². The number of hydrogen-bond acceptors (Lipinski definition) is 6. The number of rotatable bonds is 8. The number of ether oxygens (including phenoxy) is 2. The molecular formula is C26H19Cl2FN2O5S. The SMILES string of the molecule is COc1ccc(/C=C2/SC(=O)N(CC(=O)Nc3ccc(Cl)cc3)C2=O)cc1OCc1c(F)cccc1Cl. The van der Waals surface area contributed by atoms with Crippen molar-refractivity contribution in [1.29, 1.82) is 0 Å². The molecule has 1 heterocycles. The number of imide groups is 1. The first-order chi connectivity index (χ1) is 17.7. The summed E-state index contributed by atoms with van der Waals surface area (Å²) >= 11 is 12.6. The number of methoxy groups -OCH3 is 1. The van der Waals surface area contributed by atoms with Gasteiger partial charge >= 0.3 is 0 Å². The standard InChI is InChI=1S/C26H19Cl2FN2O5S/c1-35-21-10-5-15(11-22(21)36-14-18-19(28)3-2-4-20(18)29)12-23-25(33)31(26(34)37-23)13-24(32)30-17-8-6-16(27)7-9-17/h2-12H,13-14H2,1H3,(H,30,32)/b23-12+. The van der Waals surface area contributed by atoms with Crippen LogP contribution < -0.4 is 14.8 Å². The molecule has 3 amide bonds. The van der Waals surface area contributed by atoms with Crippen LogP contribution in [0.1, 0.15) is 11.1 Å². The number of halogens is 3. The van der Waals surface area contributed by atoms with E-state index in [-0.39, 0.29) is 27.8 Å². The summed E-state index contributed by atoms with van der Waals surface area (Å²) in [6.45, 7) is -0.588. The third-order valence-electron chi connectivity index (χ3n) is 5.22. The molecule has 0 atom stereocenters. The highest BCUT2D eigenvalue weighted by Crippen LogP contribution is 2.35.